The Balaban J connectivity index is 1.72. The lowest BCUT2D eigenvalue weighted by Crippen LogP contribution is -2.66. The van der Waals surface area contributed by atoms with E-state index >= 15 is 0 Å². The first-order chi connectivity index (χ1) is 14.7. The van der Waals surface area contributed by atoms with E-state index in [0.717, 1.165) is 0 Å². The molecule has 3 rings (SSSR count). The number of urea groups is 1. The van der Waals surface area contributed by atoms with Gasteiger partial charge in [0.2, 0.25) is 0 Å². The summed E-state index contributed by atoms with van der Waals surface area (Å²) in [6, 6.07) is -1.01. The number of H-pyrrole nitrogens is 1. The van der Waals surface area contributed by atoms with Gasteiger partial charge in [-0.25, -0.2) is 9.78 Å². The number of piperidine rings is 1. The maximum atomic E-state index is 13.3. The molecule has 3 heterocycles. The maximum absolute atomic E-state index is 13.3. The number of ether oxygens (including phenoxy) is 1. The van der Waals surface area contributed by atoms with Gasteiger partial charge in [-0.2, -0.15) is 4.79 Å². The third kappa shape index (κ3) is 4.42. The Hall–Kier alpha value is -2.17. The third-order valence-corrected chi connectivity index (χ3v) is 6.70. The van der Waals surface area contributed by atoms with Gasteiger partial charge in [-0.1, -0.05) is 18.5 Å². The lowest BCUT2D eigenvalue weighted by Gasteiger charge is -2.41. The number of aromatic nitrogens is 2. The smallest absolute Gasteiger partial charge is 0.435 e. The summed E-state index contributed by atoms with van der Waals surface area (Å²) >= 11 is 6.04. The zero-order chi connectivity index (χ0) is 22.8. The zero-order valence-electron chi connectivity index (χ0n) is 18.2. The van der Waals surface area contributed by atoms with Gasteiger partial charge in [-0.05, 0) is 26.7 Å². The minimum Gasteiger partial charge on any atom is -0.435 e. The molecule has 31 heavy (non-hydrogen) atoms. The Labute approximate surface area is 186 Å². The second-order valence-corrected chi connectivity index (χ2v) is 8.52. The number of quaternary nitrogens is 1. The van der Waals surface area contributed by atoms with E-state index in [0.29, 0.717) is 51.1 Å². The number of hydrogen-bond donors (Lipinski definition) is 3. The zero-order valence-corrected chi connectivity index (χ0v) is 18.9. The molecule has 4 atom stereocenters. The van der Waals surface area contributed by atoms with E-state index in [4.69, 9.17) is 16.3 Å². The average Bonchev–Trinajstić information content (AvgIpc) is 3.31. The Morgan fingerprint density at radius 3 is 2.65 bits per heavy atom. The Bertz CT molecular complexity index is 846. The molecule has 0 aromatic carbocycles. The van der Waals surface area contributed by atoms with Gasteiger partial charge < -0.3 is 20.1 Å². The molecule has 1 aromatic rings. The number of imide groups is 1. The molecule has 0 bridgehead atoms. The average molecular weight is 457 g/mol. The Morgan fingerprint density at radius 1 is 1.35 bits per heavy atom. The van der Waals surface area contributed by atoms with Crippen molar-refractivity contribution in [2.24, 2.45) is 0 Å². The van der Waals surface area contributed by atoms with Crippen molar-refractivity contribution in [3.8, 4) is 0 Å². The fourth-order valence-electron chi connectivity index (χ4n) is 4.58. The number of hydrogen-bond acceptors (Lipinski definition) is 5. The molecule has 3 N–H and O–H groups in total. The molecule has 2 saturated heterocycles. The van der Waals surface area contributed by atoms with Crippen LogP contribution in [0.15, 0.2) is 0 Å². The van der Waals surface area contributed by atoms with E-state index in [9.17, 15) is 19.5 Å². The van der Waals surface area contributed by atoms with Gasteiger partial charge in [-0.15, -0.1) is 4.48 Å². The van der Waals surface area contributed by atoms with Gasteiger partial charge in [0.25, 0.3) is 5.91 Å². The molecule has 11 heteroatoms. The first-order valence-electron chi connectivity index (χ1n) is 10.8. The second kappa shape index (κ2) is 9.54. The maximum Gasteiger partial charge on any atom is 0.523 e. The summed E-state index contributed by atoms with van der Waals surface area (Å²) < 4.78 is 5.26. The predicted octanol–water partition coefficient (Wildman–Crippen LogP) is 2.63. The van der Waals surface area contributed by atoms with Crippen LogP contribution in [-0.2, 0) is 11.2 Å². The standard InChI is InChI=1S/C20H30ClN5O5/c1-4-13-16(21)24-17(22-13)18(27)23-14-8-9-25(11-15(14)31-5-2)19(28)26(20(29)30)10-6-7-12(26)3/h12,14-15H,4-11H2,1-3H3,(H2-,22,23,24,27,29,30)/p+1/t12-,14?,15?,26+/m1/s1. The normalized spacial score (nSPS) is 28.5. The van der Waals surface area contributed by atoms with Crippen LogP contribution in [0.2, 0.25) is 5.15 Å². The first kappa shape index (κ1) is 23.5. The van der Waals surface area contributed by atoms with Gasteiger partial charge >= 0.3 is 12.1 Å². The number of nitrogens with zero attached hydrogens (tertiary/aromatic N) is 3. The molecule has 2 unspecified atom stereocenters. The van der Waals surface area contributed by atoms with Crippen molar-refractivity contribution in [2.45, 2.75) is 64.6 Å². The summed E-state index contributed by atoms with van der Waals surface area (Å²) in [5.74, 6) is -0.254. The summed E-state index contributed by atoms with van der Waals surface area (Å²) in [6.07, 6.45) is 0.917. The van der Waals surface area contributed by atoms with Crippen LogP contribution < -0.4 is 5.32 Å². The molecule has 0 radical (unpaired) electrons. The molecule has 10 nitrogen and oxygen atoms in total. The molecular formula is C20H31ClN5O5+. The fraction of sp³-hybridized carbons (Fsp3) is 0.700. The second-order valence-electron chi connectivity index (χ2n) is 8.17. The molecule has 0 saturated carbocycles. The highest BCUT2D eigenvalue weighted by Gasteiger charge is 2.56. The van der Waals surface area contributed by atoms with E-state index in [1.165, 1.54) is 0 Å². The SMILES string of the molecule is CCOC1CN(C(=O)[N@+]2(C(=O)O)CCC[C@H]2C)CCC1NC(=O)c1nc(Cl)c(CC)[nH]1. The van der Waals surface area contributed by atoms with Crippen LogP contribution in [0.25, 0.3) is 0 Å². The van der Waals surface area contributed by atoms with Gasteiger partial charge in [0, 0.05) is 26.0 Å². The van der Waals surface area contributed by atoms with Crippen molar-refractivity contribution in [1.82, 2.24) is 20.2 Å². The summed E-state index contributed by atoms with van der Waals surface area (Å²) in [7, 11) is 0. The van der Waals surface area contributed by atoms with Crippen molar-refractivity contribution in [1.29, 1.82) is 0 Å². The van der Waals surface area contributed by atoms with Gasteiger partial charge in [0.1, 0.15) is 6.04 Å². The summed E-state index contributed by atoms with van der Waals surface area (Å²) in [5, 5.41) is 13.1. The van der Waals surface area contributed by atoms with Crippen molar-refractivity contribution < 1.29 is 28.7 Å². The van der Waals surface area contributed by atoms with Crippen LogP contribution in [0.5, 0.6) is 0 Å². The predicted molar refractivity (Wildman–Crippen MR) is 113 cm³/mol. The molecule has 172 valence electrons. The highest BCUT2D eigenvalue weighted by molar-refractivity contribution is 6.30. The molecule has 2 aliphatic heterocycles. The van der Waals surface area contributed by atoms with Crippen molar-refractivity contribution >= 4 is 29.6 Å². The number of aryl methyl sites for hydroxylation is 1. The fourth-order valence-corrected chi connectivity index (χ4v) is 4.85. The number of amides is 4. The number of halogens is 1. The number of imidazole rings is 1. The minimum atomic E-state index is -1.11. The number of carboxylic acid groups (broad SMARTS) is 1. The van der Waals surface area contributed by atoms with Gasteiger partial charge in [0.05, 0.1) is 30.9 Å². The number of aromatic amines is 1. The first-order valence-corrected chi connectivity index (χ1v) is 11.2. The van der Waals surface area contributed by atoms with Gasteiger partial charge in [-0.3, -0.25) is 9.69 Å². The van der Waals surface area contributed by atoms with Crippen LogP contribution in [0.4, 0.5) is 9.59 Å². The topological polar surface area (TPSA) is 125 Å². The van der Waals surface area contributed by atoms with Crippen LogP contribution in [0.1, 0.15) is 56.3 Å². The number of rotatable bonds is 5. The molecule has 4 amide bonds. The van der Waals surface area contributed by atoms with Crippen molar-refractivity contribution in [2.75, 3.05) is 26.2 Å². The van der Waals surface area contributed by atoms with Crippen LogP contribution >= 0.6 is 11.6 Å². The monoisotopic (exact) mass is 456 g/mol. The number of nitrogens with one attached hydrogen (secondary N) is 2. The van der Waals surface area contributed by atoms with E-state index in [1.807, 2.05) is 20.8 Å². The minimum absolute atomic E-state index is 0.136. The third-order valence-electron chi connectivity index (χ3n) is 6.39. The summed E-state index contributed by atoms with van der Waals surface area (Å²) in [5.41, 5.74) is 0.691. The highest BCUT2D eigenvalue weighted by Crippen LogP contribution is 2.31. The quantitative estimate of drug-likeness (QED) is 0.585. The highest BCUT2D eigenvalue weighted by atomic mass is 35.5. The Kier molecular flexibility index (Phi) is 7.23. The Morgan fingerprint density at radius 2 is 2.10 bits per heavy atom. The largest absolute Gasteiger partial charge is 0.523 e. The van der Waals surface area contributed by atoms with Crippen LogP contribution in [0.3, 0.4) is 0 Å². The van der Waals surface area contributed by atoms with Gasteiger partial charge in [0.15, 0.2) is 11.0 Å². The van der Waals surface area contributed by atoms with Crippen LogP contribution in [-0.4, -0.2) is 86.9 Å². The molecule has 0 aliphatic carbocycles. The molecular weight excluding hydrogens is 426 g/mol. The van der Waals surface area contributed by atoms with E-state index in [-0.39, 0.29) is 29.6 Å². The van der Waals surface area contributed by atoms with Crippen molar-refractivity contribution in [3.05, 3.63) is 16.7 Å². The van der Waals surface area contributed by atoms with E-state index in [1.54, 1.807) is 4.90 Å². The lowest BCUT2D eigenvalue weighted by atomic mass is 10.0. The molecule has 2 fully saturated rings. The number of likely N-dealkylation sites (tertiary alicyclic amines) is 2. The van der Waals surface area contributed by atoms with E-state index in [2.05, 4.69) is 15.3 Å². The summed E-state index contributed by atoms with van der Waals surface area (Å²) in [4.78, 5) is 46.6. The van der Waals surface area contributed by atoms with Crippen LogP contribution in [0, 0.1) is 0 Å². The van der Waals surface area contributed by atoms with E-state index < -0.39 is 28.6 Å². The number of carbonyl (C=O) groups is 3. The van der Waals surface area contributed by atoms with Crippen molar-refractivity contribution in [3.63, 3.8) is 0 Å². The molecule has 2 aliphatic rings. The lowest BCUT2D eigenvalue weighted by molar-refractivity contribution is -0.791. The number of carbonyl (C=O) groups excluding carboxylic acids is 2. The molecule has 0 spiro atoms. The summed E-state index contributed by atoms with van der Waals surface area (Å²) in [6.45, 7) is 6.82. The molecule has 1 aromatic heterocycles.